The summed E-state index contributed by atoms with van der Waals surface area (Å²) in [7, 11) is 0. The van der Waals surface area contributed by atoms with E-state index in [1.54, 1.807) is 6.07 Å². The molecule has 1 aromatic heterocycles. The van der Waals surface area contributed by atoms with Gasteiger partial charge in [-0.05, 0) is 36.7 Å². The molecule has 0 unspecified atom stereocenters. The lowest BCUT2D eigenvalue weighted by Crippen LogP contribution is -2.19. The van der Waals surface area contributed by atoms with Crippen LogP contribution >= 0.6 is 0 Å². The van der Waals surface area contributed by atoms with Crippen molar-refractivity contribution in [1.29, 1.82) is 0 Å². The first-order chi connectivity index (χ1) is 9.53. The second-order valence-corrected chi connectivity index (χ2v) is 4.64. The summed E-state index contributed by atoms with van der Waals surface area (Å²) in [5.74, 6) is -0.194. The number of nitrogens with one attached hydrogen (secondary N) is 2. The van der Waals surface area contributed by atoms with Crippen molar-refractivity contribution >= 4 is 16.5 Å². The first-order valence-electron chi connectivity index (χ1n) is 6.30. The van der Waals surface area contributed by atoms with E-state index in [0.29, 0.717) is 0 Å². The van der Waals surface area contributed by atoms with Crippen LogP contribution in [0.4, 0.5) is 13.2 Å². The molecular formula is C14H13F3N2O. The van der Waals surface area contributed by atoms with E-state index in [9.17, 15) is 13.2 Å². The summed E-state index contributed by atoms with van der Waals surface area (Å²) in [6.07, 6.45) is 0.0814. The van der Waals surface area contributed by atoms with E-state index in [0.717, 1.165) is 41.5 Å². The number of alkyl halides is 3. The number of hydrogen-bond acceptors (Lipinski definition) is 2. The molecule has 1 aromatic carbocycles. The van der Waals surface area contributed by atoms with Gasteiger partial charge in [0.15, 0.2) is 0 Å². The van der Waals surface area contributed by atoms with Crippen LogP contribution in [0.2, 0.25) is 0 Å². The number of rotatable bonds is 2. The number of ether oxygens (including phenoxy) is 1. The van der Waals surface area contributed by atoms with E-state index in [4.69, 9.17) is 0 Å². The Morgan fingerprint density at radius 2 is 2.05 bits per heavy atom. The molecule has 3 nitrogen and oxygen atoms in total. The normalized spacial score (nSPS) is 16.2. The highest BCUT2D eigenvalue weighted by Gasteiger charge is 2.31. The van der Waals surface area contributed by atoms with Crippen LogP contribution in [0.3, 0.4) is 0 Å². The molecule has 0 spiro atoms. The Kier molecular flexibility index (Phi) is 3.17. The zero-order valence-electron chi connectivity index (χ0n) is 10.6. The van der Waals surface area contributed by atoms with Gasteiger partial charge in [0, 0.05) is 29.2 Å². The Morgan fingerprint density at radius 1 is 1.20 bits per heavy atom. The number of aromatic amines is 1. The molecule has 0 fully saturated rings. The SMILES string of the molecule is FC(F)(F)Oc1ccc2[nH]cc(C3=CCNCC3)c2c1. The molecule has 0 amide bonds. The van der Waals surface area contributed by atoms with Gasteiger partial charge in [0.25, 0.3) is 0 Å². The van der Waals surface area contributed by atoms with Gasteiger partial charge in [-0.3, -0.25) is 0 Å². The molecule has 2 aromatic rings. The van der Waals surface area contributed by atoms with Crippen LogP contribution in [0.5, 0.6) is 5.75 Å². The molecule has 0 bridgehead atoms. The summed E-state index contributed by atoms with van der Waals surface area (Å²) in [4.78, 5) is 3.08. The highest BCUT2D eigenvalue weighted by molar-refractivity contribution is 5.93. The Labute approximate surface area is 113 Å². The first-order valence-corrected chi connectivity index (χ1v) is 6.30. The first kappa shape index (κ1) is 13.1. The average Bonchev–Trinajstić information content (AvgIpc) is 2.81. The van der Waals surface area contributed by atoms with Gasteiger partial charge in [-0.1, -0.05) is 6.08 Å². The van der Waals surface area contributed by atoms with Gasteiger partial charge in [0.1, 0.15) is 5.75 Å². The van der Waals surface area contributed by atoms with Crippen molar-refractivity contribution in [3.63, 3.8) is 0 Å². The largest absolute Gasteiger partial charge is 0.573 e. The predicted molar refractivity (Wildman–Crippen MR) is 70.4 cm³/mol. The topological polar surface area (TPSA) is 37.0 Å². The van der Waals surface area contributed by atoms with Crippen molar-refractivity contribution in [2.45, 2.75) is 12.8 Å². The number of H-pyrrole nitrogens is 1. The summed E-state index contributed by atoms with van der Waals surface area (Å²) in [6, 6.07) is 4.34. The molecule has 0 radical (unpaired) electrons. The predicted octanol–water partition coefficient (Wildman–Crippen LogP) is 3.44. The van der Waals surface area contributed by atoms with Gasteiger partial charge in [-0.2, -0.15) is 0 Å². The number of halogens is 3. The van der Waals surface area contributed by atoms with Crippen LogP contribution in [0, 0.1) is 0 Å². The van der Waals surface area contributed by atoms with Crippen molar-refractivity contribution in [3.05, 3.63) is 36.0 Å². The molecule has 1 aliphatic heterocycles. The number of fused-ring (bicyclic) bond motifs is 1. The monoisotopic (exact) mass is 282 g/mol. The molecule has 0 atom stereocenters. The van der Waals surface area contributed by atoms with Crippen molar-refractivity contribution in [3.8, 4) is 5.75 Å². The standard InChI is InChI=1S/C14H13F3N2O/c15-14(16,17)20-10-1-2-13-11(7-10)12(8-19-13)9-3-5-18-6-4-9/h1-3,7-8,18-19H,4-6H2. The molecular weight excluding hydrogens is 269 g/mol. The van der Waals surface area contributed by atoms with Gasteiger partial charge in [0.05, 0.1) is 0 Å². The Hall–Kier alpha value is -1.95. The van der Waals surface area contributed by atoms with Gasteiger partial charge < -0.3 is 15.0 Å². The maximum atomic E-state index is 12.3. The lowest BCUT2D eigenvalue weighted by Gasteiger charge is -2.14. The van der Waals surface area contributed by atoms with Crippen LogP contribution in [0.1, 0.15) is 12.0 Å². The zero-order chi connectivity index (χ0) is 14.2. The second-order valence-electron chi connectivity index (χ2n) is 4.64. The number of benzene rings is 1. The third-order valence-electron chi connectivity index (χ3n) is 3.30. The maximum absolute atomic E-state index is 12.3. The zero-order valence-corrected chi connectivity index (χ0v) is 10.6. The summed E-state index contributed by atoms with van der Waals surface area (Å²) < 4.78 is 40.8. The van der Waals surface area contributed by atoms with E-state index in [1.807, 2.05) is 6.20 Å². The quantitative estimate of drug-likeness (QED) is 0.885. The highest BCUT2D eigenvalue weighted by atomic mass is 19.4. The summed E-state index contributed by atoms with van der Waals surface area (Å²) in [6.45, 7) is 1.65. The smallest absolute Gasteiger partial charge is 0.406 e. The number of hydrogen-bond donors (Lipinski definition) is 2. The van der Waals surface area contributed by atoms with Gasteiger partial charge >= 0.3 is 6.36 Å². The molecule has 0 saturated heterocycles. The van der Waals surface area contributed by atoms with E-state index >= 15 is 0 Å². The summed E-state index contributed by atoms with van der Waals surface area (Å²) in [5.41, 5.74) is 2.88. The lowest BCUT2D eigenvalue weighted by molar-refractivity contribution is -0.274. The molecule has 106 valence electrons. The fourth-order valence-electron chi connectivity index (χ4n) is 2.43. The van der Waals surface area contributed by atoms with Crippen LogP contribution in [0.15, 0.2) is 30.5 Å². The van der Waals surface area contributed by atoms with E-state index in [1.165, 1.54) is 12.1 Å². The van der Waals surface area contributed by atoms with E-state index in [-0.39, 0.29) is 5.75 Å². The minimum Gasteiger partial charge on any atom is -0.406 e. The average molecular weight is 282 g/mol. The number of aromatic nitrogens is 1. The maximum Gasteiger partial charge on any atom is 0.573 e. The molecule has 2 N–H and O–H groups in total. The Bertz CT molecular complexity index is 658. The molecule has 20 heavy (non-hydrogen) atoms. The summed E-state index contributed by atoms with van der Waals surface area (Å²) >= 11 is 0. The van der Waals surface area contributed by atoms with Gasteiger partial charge in [-0.15, -0.1) is 13.2 Å². The van der Waals surface area contributed by atoms with Crippen LogP contribution in [-0.2, 0) is 0 Å². The van der Waals surface area contributed by atoms with Crippen LogP contribution < -0.4 is 10.1 Å². The van der Waals surface area contributed by atoms with Crippen LogP contribution in [-0.4, -0.2) is 24.4 Å². The molecule has 0 saturated carbocycles. The Morgan fingerprint density at radius 3 is 2.75 bits per heavy atom. The lowest BCUT2D eigenvalue weighted by atomic mass is 10.00. The highest BCUT2D eigenvalue weighted by Crippen LogP contribution is 2.32. The summed E-state index contributed by atoms with van der Waals surface area (Å²) in [5, 5.41) is 3.96. The molecule has 2 heterocycles. The third-order valence-corrected chi connectivity index (χ3v) is 3.30. The second kappa shape index (κ2) is 4.86. The molecule has 1 aliphatic rings. The minimum atomic E-state index is -4.67. The van der Waals surface area contributed by atoms with Crippen molar-refractivity contribution < 1.29 is 17.9 Å². The van der Waals surface area contributed by atoms with Crippen LogP contribution in [0.25, 0.3) is 16.5 Å². The molecule has 6 heteroatoms. The van der Waals surface area contributed by atoms with Crippen molar-refractivity contribution in [1.82, 2.24) is 10.3 Å². The minimum absolute atomic E-state index is 0.194. The molecule has 0 aliphatic carbocycles. The fourth-order valence-corrected chi connectivity index (χ4v) is 2.43. The van der Waals surface area contributed by atoms with Gasteiger partial charge in [0.2, 0.25) is 0 Å². The van der Waals surface area contributed by atoms with E-state index in [2.05, 4.69) is 21.1 Å². The van der Waals surface area contributed by atoms with Gasteiger partial charge in [-0.25, -0.2) is 0 Å². The molecule has 3 rings (SSSR count). The third kappa shape index (κ3) is 2.65. The Balaban J connectivity index is 2.01. The van der Waals surface area contributed by atoms with Crippen molar-refractivity contribution in [2.24, 2.45) is 0 Å². The fraction of sp³-hybridized carbons (Fsp3) is 0.286. The van der Waals surface area contributed by atoms with E-state index < -0.39 is 6.36 Å². The van der Waals surface area contributed by atoms with Crippen molar-refractivity contribution in [2.75, 3.05) is 13.1 Å².